The Morgan fingerprint density at radius 2 is 1.62 bits per heavy atom. The van der Waals surface area contributed by atoms with E-state index < -0.39 is 0 Å². The highest BCUT2D eigenvalue weighted by atomic mass is 35.5. The van der Waals surface area contributed by atoms with Crippen LogP contribution in [-0.4, -0.2) is 47.8 Å². The number of nitrogens with two attached hydrogens (primary N) is 1. The molecule has 76 valence electrons. The third kappa shape index (κ3) is 3.10. The summed E-state index contributed by atoms with van der Waals surface area (Å²) in [7, 11) is 0. The molecule has 0 atom stereocenters. The van der Waals surface area contributed by atoms with E-state index in [-0.39, 0.29) is 24.3 Å². The SMILES string of the molecule is CC(=O)N1CCN(C(=N)N)CC1.Cl. The van der Waals surface area contributed by atoms with Crippen molar-refractivity contribution in [1.82, 2.24) is 9.80 Å². The molecule has 0 spiro atoms. The molecule has 0 radical (unpaired) electrons. The van der Waals surface area contributed by atoms with Gasteiger partial charge in [0.2, 0.25) is 5.91 Å². The zero-order valence-corrected chi connectivity index (χ0v) is 8.43. The first-order valence-corrected chi connectivity index (χ1v) is 3.95. The van der Waals surface area contributed by atoms with Gasteiger partial charge in [-0.2, -0.15) is 0 Å². The summed E-state index contributed by atoms with van der Waals surface area (Å²) in [5.74, 6) is 0.191. The van der Waals surface area contributed by atoms with Crippen molar-refractivity contribution < 1.29 is 4.79 Å². The Balaban J connectivity index is 0.00000144. The minimum Gasteiger partial charge on any atom is -0.370 e. The van der Waals surface area contributed by atoms with Gasteiger partial charge in [-0.15, -0.1) is 12.4 Å². The van der Waals surface area contributed by atoms with Gasteiger partial charge in [-0.05, 0) is 0 Å². The molecule has 3 N–H and O–H groups in total. The lowest BCUT2D eigenvalue weighted by Gasteiger charge is -2.34. The smallest absolute Gasteiger partial charge is 0.219 e. The Morgan fingerprint density at radius 3 is 1.92 bits per heavy atom. The molecular weight excluding hydrogens is 192 g/mol. The molecule has 0 saturated carbocycles. The largest absolute Gasteiger partial charge is 0.370 e. The number of carbonyl (C=O) groups is 1. The van der Waals surface area contributed by atoms with Gasteiger partial charge >= 0.3 is 0 Å². The van der Waals surface area contributed by atoms with Crippen LogP contribution in [0.4, 0.5) is 0 Å². The van der Waals surface area contributed by atoms with Crippen molar-refractivity contribution in [3.63, 3.8) is 0 Å². The number of rotatable bonds is 0. The van der Waals surface area contributed by atoms with Crippen molar-refractivity contribution in [2.24, 2.45) is 5.73 Å². The molecule has 0 aliphatic carbocycles. The monoisotopic (exact) mass is 206 g/mol. The van der Waals surface area contributed by atoms with Gasteiger partial charge in [0, 0.05) is 33.1 Å². The van der Waals surface area contributed by atoms with Crippen molar-refractivity contribution in [2.75, 3.05) is 26.2 Å². The molecule has 0 aromatic rings. The quantitative estimate of drug-likeness (QED) is 0.413. The molecule has 13 heavy (non-hydrogen) atoms. The lowest BCUT2D eigenvalue weighted by molar-refractivity contribution is -0.130. The summed E-state index contributed by atoms with van der Waals surface area (Å²) in [5, 5.41) is 7.16. The number of halogens is 1. The van der Waals surface area contributed by atoms with Crippen molar-refractivity contribution in [2.45, 2.75) is 6.92 Å². The third-order valence-corrected chi connectivity index (χ3v) is 2.07. The molecule has 5 nitrogen and oxygen atoms in total. The number of piperazine rings is 1. The Labute approximate surface area is 83.8 Å². The van der Waals surface area contributed by atoms with Crippen molar-refractivity contribution in [3.05, 3.63) is 0 Å². The van der Waals surface area contributed by atoms with Gasteiger partial charge < -0.3 is 15.5 Å². The number of hydrogen-bond donors (Lipinski definition) is 2. The number of nitrogens with one attached hydrogen (secondary N) is 1. The average molecular weight is 207 g/mol. The van der Waals surface area contributed by atoms with Crippen LogP contribution in [0, 0.1) is 5.41 Å². The first-order chi connectivity index (χ1) is 5.61. The summed E-state index contributed by atoms with van der Waals surface area (Å²) in [5.41, 5.74) is 5.29. The van der Waals surface area contributed by atoms with Gasteiger partial charge in [-0.3, -0.25) is 10.2 Å². The molecule has 0 bridgehead atoms. The Morgan fingerprint density at radius 1 is 1.23 bits per heavy atom. The van der Waals surface area contributed by atoms with Gasteiger partial charge in [-0.25, -0.2) is 0 Å². The molecule has 0 unspecified atom stereocenters. The Bertz CT molecular complexity index is 179. The molecule has 1 fully saturated rings. The van der Waals surface area contributed by atoms with Crippen LogP contribution < -0.4 is 5.73 Å². The van der Waals surface area contributed by atoms with Crippen LogP contribution in [0.25, 0.3) is 0 Å². The van der Waals surface area contributed by atoms with Crippen LogP contribution in [-0.2, 0) is 4.79 Å². The highest BCUT2D eigenvalue weighted by molar-refractivity contribution is 5.85. The fourth-order valence-electron chi connectivity index (χ4n) is 1.26. The summed E-state index contributed by atoms with van der Waals surface area (Å²) in [4.78, 5) is 14.4. The molecule has 0 aromatic carbocycles. The minimum atomic E-state index is 0. The van der Waals surface area contributed by atoms with Crippen LogP contribution in [0.5, 0.6) is 0 Å². The second kappa shape index (κ2) is 4.91. The topological polar surface area (TPSA) is 73.4 Å². The van der Waals surface area contributed by atoms with Gasteiger partial charge in [-0.1, -0.05) is 0 Å². The van der Waals surface area contributed by atoms with Gasteiger partial charge in [0.05, 0.1) is 0 Å². The summed E-state index contributed by atoms with van der Waals surface area (Å²) < 4.78 is 0. The van der Waals surface area contributed by atoms with E-state index in [9.17, 15) is 4.79 Å². The normalized spacial score (nSPS) is 16.4. The predicted octanol–water partition coefficient (Wildman–Crippen LogP) is -0.534. The first kappa shape index (κ1) is 12.0. The van der Waals surface area contributed by atoms with Crippen LogP contribution >= 0.6 is 12.4 Å². The van der Waals surface area contributed by atoms with Gasteiger partial charge in [0.25, 0.3) is 0 Å². The summed E-state index contributed by atoms with van der Waals surface area (Å²) in [6.07, 6.45) is 0. The van der Waals surface area contributed by atoms with Gasteiger partial charge in [0.15, 0.2) is 5.96 Å². The highest BCUT2D eigenvalue weighted by Crippen LogP contribution is 2.00. The van der Waals surface area contributed by atoms with Crippen LogP contribution in [0.2, 0.25) is 0 Å². The van der Waals surface area contributed by atoms with Gasteiger partial charge in [0.1, 0.15) is 0 Å². The summed E-state index contributed by atoms with van der Waals surface area (Å²) >= 11 is 0. The second-order valence-corrected chi connectivity index (χ2v) is 2.88. The standard InChI is InChI=1S/C7H14N4O.ClH/c1-6(12)10-2-4-11(5-3-10)7(8)9;/h2-5H2,1H3,(H3,8,9);1H. The fraction of sp³-hybridized carbons (Fsp3) is 0.714. The second-order valence-electron chi connectivity index (χ2n) is 2.88. The number of amides is 1. The summed E-state index contributed by atoms with van der Waals surface area (Å²) in [6.45, 7) is 4.26. The molecule has 1 heterocycles. The lowest BCUT2D eigenvalue weighted by atomic mass is 10.3. The number of carbonyl (C=O) groups excluding carboxylic acids is 1. The molecule has 1 aliphatic heterocycles. The van der Waals surface area contributed by atoms with E-state index in [0.717, 1.165) is 0 Å². The van der Waals surface area contributed by atoms with Crippen molar-refractivity contribution in [3.8, 4) is 0 Å². The van der Waals surface area contributed by atoms with Crippen LogP contribution in [0.1, 0.15) is 6.92 Å². The minimum absolute atomic E-state index is 0. The maximum Gasteiger partial charge on any atom is 0.219 e. The van der Waals surface area contributed by atoms with E-state index in [0.29, 0.717) is 26.2 Å². The van der Waals surface area contributed by atoms with E-state index in [2.05, 4.69) is 0 Å². The summed E-state index contributed by atoms with van der Waals surface area (Å²) in [6, 6.07) is 0. The van der Waals surface area contributed by atoms with E-state index in [1.165, 1.54) is 0 Å². The predicted molar refractivity (Wildman–Crippen MR) is 53.0 cm³/mol. The fourth-order valence-corrected chi connectivity index (χ4v) is 1.26. The van der Waals surface area contributed by atoms with Crippen LogP contribution in [0.3, 0.4) is 0 Å². The van der Waals surface area contributed by atoms with E-state index in [1.807, 2.05) is 0 Å². The van der Waals surface area contributed by atoms with E-state index >= 15 is 0 Å². The zero-order valence-electron chi connectivity index (χ0n) is 7.62. The number of nitrogens with zero attached hydrogens (tertiary/aromatic N) is 2. The highest BCUT2D eigenvalue weighted by Gasteiger charge is 2.18. The molecule has 1 amide bonds. The third-order valence-electron chi connectivity index (χ3n) is 2.07. The lowest BCUT2D eigenvalue weighted by Crippen LogP contribution is -2.51. The number of guanidine groups is 1. The molecule has 1 aliphatic rings. The molecule has 1 rings (SSSR count). The zero-order chi connectivity index (χ0) is 9.14. The molecule has 6 heteroatoms. The van der Waals surface area contributed by atoms with E-state index in [4.69, 9.17) is 11.1 Å². The molecule has 1 saturated heterocycles. The first-order valence-electron chi connectivity index (χ1n) is 3.95. The van der Waals surface area contributed by atoms with Crippen LogP contribution in [0.15, 0.2) is 0 Å². The molecular formula is C7H15ClN4O. The number of hydrogen-bond acceptors (Lipinski definition) is 2. The molecule has 0 aromatic heterocycles. The van der Waals surface area contributed by atoms with Crippen molar-refractivity contribution >= 4 is 24.3 Å². The Kier molecular flexibility index (Phi) is 4.55. The maximum atomic E-state index is 10.9. The maximum absolute atomic E-state index is 10.9. The Hall–Kier alpha value is -0.970. The van der Waals surface area contributed by atoms with E-state index in [1.54, 1.807) is 16.7 Å². The average Bonchev–Trinajstić information content (AvgIpc) is 2.04. The van der Waals surface area contributed by atoms with Crippen molar-refractivity contribution in [1.29, 1.82) is 5.41 Å².